The fraction of sp³-hybridized carbons (Fsp3) is 0.333. The van der Waals surface area contributed by atoms with Crippen molar-refractivity contribution in [3.8, 4) is 0 Å². The van der Waals surface area contributed by atoms with Crippen LogP contribution in [0.5, 0.6) is 0 Å². The summed E-state index contributed by atoms with van der Waals surface area (Å²) in [4.78, 5) is 25.7. The maximum Gasteiger partial charge on any atom is 0.347 e. The fourth-order valence-corrected chi connectivity index (χ4v) is 6.81. The number of hydrogen-bond donors (Lipinski definition) is 0. The minimum atomic E-state index is -0.212. The van der Waals surface area contributed by atoms with E-state index in [0.29, 0.717) is 0 Å². The molecule has 0 unspecified atom stereocenters. The first-order valence-electron chi connectivity index (χ1n) is 9.19. The topological polar surface area (TPSA) is 48.9 Å². The van der Waals surface area contributed by atoms with Crippen molar-refractivity contribution in [2.24, 2.45) is 17.9 Å². The van der Waals surface area contributed by atoms with E-state index >= 15 is 0 Å². The summed E-state index contributed by atoms with van der Waals surface area (Å²) in [5.74, 6) is 0.476. The lowest BCUT2D eigenvalue weighted by Crippen LogP contribution is -2.70. The van der Waals surface area contributed by atoms with Gasteiger partial charge in [0.05, 0.1) is 12.1 Å². The molecule has 0 saturated heterocycles. The highest BCUT2D eigenvalue weighted by atomic mass is 16.2. The lowest BCUT2D eigenvalue weighted by atomic mass is 9.33. The molecule has 0 spiro atoms. The number of hydrogen-bond acceptors (Lipinski definition) is 2. The third kappa shape index (κ3) is 0.972. The van der Waals surface area contributed by atoms with Gasteiger partial charge < -0.3 is 0 Å². The first kappa shape index (κ1) is 13.4. The van der Waals surface area contributed by atoms with Crippen LogP contribution in [-0.4, -0.2) is 13.9 Å². The molecule has 2 aromatic rings. The minimum Gasteiger partial charge on any atom is -0.246 e. The van der Waals surface area contributed by atoms with Crippen LogP contribution in [-0.2, 0) is 7.05 Å². The monoisotopic (exact) mass is 343 g/mol. The summed E-state index contributed by atoms with van der Waals surface area (Å²) in [6, 6.07) is 8.43. The van der Waals surface area contributed by atoms with Gasteiger partial charge >= 0.3 is 11.4 Å². The van der Waals surface area contributed by atoms with E-state index in [1.54, 1.807) is 16.4 Å². The molecule has 0 saturated carbocycles. The number of aromatic nitrogens is 3. The normalized spacial score (nSPS) is 41.4. The SMILES string of the molecule is Cn1c(=O)n2n(c1=O)[C@H]1C=C[C@H]2[C@]23C=C[C@@]12[C@H]1C=C[C@H]3c2ccccc21. The zero-order valence-corrected chi connectivity index (χ0v) is 14.2. The van der Waals surface area contributed by atoms with Crippen molar-refractivity contribution in [3.63, 3.8) is 0 Å². The zero-order valence-electron chi connectivity index (χ0n) is 14.2. The lowest BCUT2D eigenvalue weighted by Gasteiger charge is -2.72. The number of rotatable bonds is 0. The minimum absolute atomic E-state index is 0.121. The zero-order chi connectivity index (χ0) is 17.4. The van der Waals surface area contributed by atoms with Gasteiger partial charge in [-0.25, -0.2) is 23.5 Å². The molecule has 7 aliphatic rings. The number of benzene rings is 1. The molecule has 0 fully saturated rings. The van der Waals surface area contributed by atoms with Crippen LogP contribution >= 0.6 is 0 Å². The summed E-state index contributed by atoms with van der Waals surface area (Å²) in [5.41, 5.74) is 2.01. The quantitative estimate of drug-likeness (QED) is 0.687. The third-order valence-electron chi connectivity index (χ3n) is 7.76. The van der Waals surface area contributed by atoms with Crippen LogP contribution in [0.2, 0.25) is 0 Å². The van der Waals surface area contributed by atoms with Crippen molar-refractivity contribution < 1.29 is 0 Å². The van der Waals surface area contributed by atoms with E-state index in [9.17, 15) is 9.59 Å². The van der Waals surface area contributed by atoms with Crippen molar-refractivity contribution in [3.05, 3.63) is 92.8 Å². The standard InChI is InChI=1S/C21H17N3O2/c1-22-18(25)23-16-8-9-17(24(23)19(22)26)21-11-10-20(16,21)14-6-7-15(21)13-5-3-2-4-12(13)14/h2-11,14-17H,1H3/t14-,15-,16-,17-,20+,21+/m0/s1. The fourth-order valence-electron chi connectivity index (χ4n) is 6.81. The van der Waals surface area contributed by atoms with Crippen LogP contribution in [0.25, 0.3) is 0 Å². The van der Waals surface area contributed by atoms with E-state index < -0.39 is 0 Å². The van der Waals surface area contributed by atoms with Gasteiger partial charge in [0.15, 0.2) is 0 Å². The molecule has 0 N–H and O–H groups in total. The van der Waals surface area contributed by atoms with Gasteiger partial charge in [-0.3, -0.25) is 0 Å². The van der Waals surface area contributed by atoms with Gasteiger partial charge in [-0.15, -0.1) is 0 Å². The third-order valence-corrected chi connectivity index (χ3v) is 7.76. The Kier molecular flexibility index (Phi) is 1.88. The predicted octanol–water partition coefficient (Wildman–Crippen LogP) is 2.01. The van der Waals surface area contributed by atoms with Gasteiger partial charge in [0.25, 0.3) is 0 Å². The van der Waals surface area contributed by atoms with Gasteiger partial charge in [-0.05, 0) is 11.1 Å². The number of nitrogens with zero attached hydrogens (tertiary/aromatic N) is 3. The highest BCUT2D eigenvalue weighted by Gasteiger charge is 2.75. The molecule has 26 heavy (non-hydrogen) atoms. The van der Waals surface area contributed by atoms with Gasteiger partial charge in [0.2, 0.25) is 0 Å². The maximum absolute atomic E-state index is 12.9. The summed E-state index contributed by atoms with van der Waals surface area (Å²) in [7, 11) is 1.58. The average molecular weight is 343 g/mol. The Labute approximate surface area is 149 Å². The van der Waals surface area contributed by atoms with E-state index in [2.05, 4.69) is 60.7 Å². The van der Waals surface area contributed by atoms with Crippen molar-refractivity contribution in [1.82, 2.24) is 13.9 Å². The molecule has 6 atom stereocenters. The first-order valence-corrected chi connectivity index (χ1v) is 9.19. The molecule has 4 bridgehead atoms. The second-order valence-corrected chi connectivity index (χ2v) is 8.26. The van der Waals surface area contributed by atoms with E-state index in [4.69, 9.17) is 0 Å². The van der Waals surface area contributed by atoms with E-state index in [1.807, 2.05) is 0 Å². The molecule has 5 aliphatic carbocycles. The molecular formula is C21H17N3O2. The Balaban J connectivity index is 1.64. The summed E-state index contributed by atoms with van der Waals surface area (Å²) in [6.45, 7) is 0. The Morgan fingerprint density at radius 2 is 1.23 bits per heavy atom. The second-order valence-electron chi connectivity index (χ2n) is 8.26. The van der Waals surface area contributed by atoms with Crippen molar-refractivity contribution >= 4 is 0 Å². The molecule has 128 valence electrons. The predicted molar refractivity (Wildman–Crippen MR) is 96.2 cm³/mol. The van der Waals surface area contributed by atoms with Gasteiger partial charge in [0, 0.05) is 29.7 Å². The molecule has 0 radical (unpaired) electrons. The molecule has 1 aromatic heterocycles. The molecule has 9 rings (SSSR count). The molecule has 1 aromatic carbocycles. The summed E-state index contributed by atoms with van der Waals surface area (Å²) in [5, 5.41) is 0. The molecule has 2 aliphatic heterocycles. The second kappa shape index (κ2) is 3.65. The Morgan fingerprint density at radius 1 is 0.769 bits per heavy atom. The van der Waals surface area contributed by atoms with Crippen molar-refractivity contribution in [2.75, 3.05) is 0 Å². The molecule has 5 heteroatoms. The number of allylic oxidation sites excluding steroid dienone is 6. The molecule has 5 nitrogen and oxygen atoms in total. The van der Waals surface area contributed by atoms with Crippen molar-refractivity contribution in [2.45, 2.75) is 23.9 Å². The van der Waals surface area contributed by atoms with Crippen LogP contribution < -0.4 is 11.4 Å². The van der Waals surface area contributed by atoms with Crippen LogP contribution in [0.15, 0.2) is 70.3 Å². The van der Waals surface area contributed by atoms with E-state index in [-0.39, 0.29) is 46.1 Å². The lowest BCUT2D eigenvalue weighted by molar-refractivity contribution is -0.0843. The highest BCUT2D eigenvalue weighted by molar-refractivity contribution is 5.60. The summed E-state index contributed by atoms with van der Waals surface area (Å²) >= 11 is 0. The summed E-state index contributed by atoms with van der Waals surface area (Å²) < 4.78 is 4.68. The van der Waals surface area contributed by atoms with Gasteiger partial charge in [-0.2, -0.15) is 0 Å². The van der Waals surface area contributed by atoms with Gasteiger partial charge in [-0.1, -0.05) is 60.7 Å². The highest BCUT2D eigenvalue weighted by Crippen LogP contribution is 2.80. The Bertz CT molecular complexity index is 1150. The molecule has 0 amide bonds. The Morgan fingerprint density at radius 3 is 1.65 bits per heavy atom. The maximum atomic E-state index is 12.9. The largest absolute Gasteiger partial charge is 0.347 e. The van der Waals surface area contributed by atoms with Crippen molar-refractivity contribution in [1.29, 1.82) is 0 Å². The average Bonchev–Trinajstić information content (AvgIpc) is 2.89. The molecule has 3 heterocycles. The van der Waals surface area contributed by atoms with E-state index in [0.717, 1.165) is 0 Å². The first-order chi connectivity index (χ1) is 12.6. The van der Waals surface area contributed by atoms with Gasteiger partial charge in [0.1, 0.15) is 0 Å². The smallest absolute Gasteiger partial charge is 0.246 e. The molecular weight excluding hydrogens is 326 g/mol. The summed E-state index contributed by atoms with van der Waals surface area (Å²) in [6.07, 6.45) is 13.6. The van der Waals surface area contributed by atoms with Crippen LogP contribution in [0, 0.1) is 10.8 Å². The van der Waals surface area contributed by atoms with Crippen LogP contribution in [0.4, 0.5) is 0 Å². The van der Waals surface area contributed by atoms with Crippen LogP contribution in [0.3, 0.4) is 0 Å². The Hall–Kier alpha value is -2.82. The van der Waals surface area contributed by atoms with E-state index in [1.165, 1.54) is 15.7 Å². The van der Waals surface area contributed by atoms with Crippen LogP contribution in [0.1, 0.15) is 35.0 Å².